The van der Waals surface area contributed by atoms with Gasteiger partial charge in [0.1, 0.15) is 11.9 Å². The SMILES string of the molecule is CCNC(=NCCc1ccco1)N1CCOC(c2cnn(C)c2)C1. The van der Waals surface area contributed by atoms with Gasteiger partial charge in [-0.2, -0.15) is 5.10 Å². The predicted octanol–water partition coefficient (Wildman–Crippen LogP) is 1.59. The van der Waals surface area contributed by atoms with Gasteiger partial charge in [-0.15, -0.1) is 0 Å². The third-order valence-electron chi connectivity index (χ3n) is 4.00. The number of hydrogen-bond acceptors (Lipinski definition) is 4. The second kappa shape index (κ2) is 8.01. The number of furan rings is 1. The standard InChI is InChI=1S/C17H25N5O2/c1-3-18-17(19-7-6-15-5-4-9-23-15)22-8-10-24-16(13-22)14-11-20-21(2)12-14/h4-5,9,11-12,16H,3,6-8,10,13H2,1-2H3,(H,18,19). The zero-order valence-electron chi connectivity index (χ0n) is 14.3. The van der Waals surface area contributed by atoms with E-state index in [2.05, 4.69) is 22.2 Å². The number of aryl methyl sites for hydroxylation is 1. The van der Waals surface area contributed by atoms with Crippen molar-refractivity contribution in [1.82, 2.24) is 20.0 Å². The predicted molar refractivity (Wildman–Crippen MR) is 91.9 cm³/mol. The van der Waals surface area contributed by atoms with Gasteiger partial charge in [0.2, 0.25) is 0 Å². The Balaban J connectivity index is 1.63. The molecule has 0 radical (unpaired) electrons. The van der Waals surface area contributed by atoms with Gasteiger partial charge >= 0.3 is 0 Å². The molecular formula is C17H25N5O2. The molecule has 24 heavy (non-hydrogen) atoms. The minimum Gasteiger partial charge on any atom is -0.469 e. The summed E-state index contributed by atoms with van der Waals surface area (Å²) in [5, 5.41) is 7.62. The van der Waals surface area contributed by atoms with Gasteiger partial charge in [-0.3, -0.25) is 9.67 Å². The fourth-order valence-corrected chi connectivity index (χ4v) is 2.80. The van der Waals surface area contributed by atoms with Crippen molar-refractivity contribution in [2.24, 2.45) is 12.0 Å². The molecule has 1 aliphatic heterocycles. The van der Waals surface area contributed by atoms with Crippen molar-refractivity contribution < 1.29 is 9.15 Å². The monoisotopic (exact) mass is 331 g/mol. The summed E-state index contributed by atoms with van der Waals surface area (Å²) in [6, 6.07) is 3.89. The number of ether oxygens (including phenoxy) is 1. The van der Waals surface area contributed by atoms with Crippen molar-refractivity contribution in [1.29, 1.82) is 0 Å². The summed E-state index contributed by atoms with van der Waals surface area (Å²) in [5.41, 5.74) is 1.11. The van der Waals surface area contributed by atoms with Crippen LogP contribution in [0, 0.1) is 0 Å². The van der Waals surface area contributed by atoms with Gasteiger partial charge in [-0.25, -0.2) is 0 Å². The Bertz CT molecular complexity index is 650. The first-order valence-electron chi connectivity index (χ1n) is 8.42. The molecule has 0 saturated carbocycles. The van der Waals surface area contributed by atoms with Gasteiger partial charge in [-0.1, -0.05) is 0 Å². The fourth-order valence-electron chi connectivity index (χ4n) is 2.80. The smallest absolute Gasteiger partial charge is 0.194 e. The van der Waals surface area contributed by atoms with Gasteiger partial charge in [-0.05, 0) is 19.1 Å². The first-order valence-corrected chi connectivity index (χ1v) is 8.42. The van der Waals surface area contributed by atoms with Crippen molar-refractivity contribution in [3.63, 3.8) is 0 Å². The van der Waals surface area contributed by atoms with Crippen LogP contribution in [0.4, 0.5) is 0 Å². The molecule has 7 nitrogen and oxygen atoms in total. The molecule has 0 amide bonds. The molecule has 0 bridgehead atoms. The third kappa shape index (κ3) is 4.17. The Morgan fingerprint density at radius 1 is 1.50 bits per heavy atom. The number of nitrogens with one attached hydrogen (secondary N) is 1. The van der Waals surface area contributed by atoms with Crippen LogP contribution < -0.4 is 5.32 Å². The number of aromatic nitrogens is 2. The Kier molecular flexibility index (Phi) is 5.53. The highest BCUT2D eigenvalue weighted by atomic mass is 16.5. The van der Waals surface area contributed by atoms with Crippen LogP contribution in [0.15, 0.2) is 40.2 Å². The molecule has 7 heteroatoms. The van der Waals surface area contributed by atoms with E-state index < -0.39 is 0 Å². The summed E-state index contributed by atoms with van der Waals surface area (Å²) in [6.07, 6.45) is 6.41. The Labute approximate surface area is 142 Å². The molecule has 1 atom stereocenters. The number of nitrogens with zero attached hydrogens (tertiary/aromatic N) is 4. The Morgan fingerprint density at radius 3 is 3.12 bits per heavy atom. The molecule has 1 fully saturated rings. The minimum absolute atomic E-state index is 0.0291. The zero-order chi connectivity index (χ0) is 16.8. The van der Waals surface area contributed by atoms with Gasteiger partial charge < -0.3 is 19.4 Å². The van der Waals surface area contributed by atoms with Crippen LogP contribution in [0.2, 0.25) is 0 Å². The quantitative estimate of drug-likeness (QED) is 0.666. The molecule has 3 rings (SSSR count). The minimum atomic E-state index is 0.0291. The van der Waals surface area contributed by atoms with Crippen LogP contribution in [-0.4, -0.2) is 53.4 Å². The van der Waals surface area contributed by atoms with Gasteiger partial charge in [0.25, 0.3) is 0 Å². The lowest BCUT2D eigenvalue weighted by molar-refractivity contribution is -0.00803. The van der Waals surface area contributed by atoms with Crippen LogP contribution in [0.5, 0.6) is 0 Å². The fraction of sp³-hybridized carbons (Fsp3) is 0.529. The molecule has 0 spiro atoms. The maximum atomic E-state index is 5.91. The molecule has 0 aliphatic carbocycles. The van der Waals surface area contributed by atoms with Crippen molar-refractivity contribution in [2.45, 2.75) is 19.4 Å². The summed E-state index contributed by atoms with van der Waals surface area (Å²) in [5.74, 6) is 1.89. The van der Waals surface area contributed by atoms with E-state index in [1.54, 1.807) is 10.9 Å². The Hall–Kier alpha value is -2.28. The largest absolute Gasteiger partial charge is 0.469 e. The highest BCUT2D eigenvalue weighted by Gasteiger charge is 2.25. The third-order valence-corrected chi connectivity index (χ3v) is 4.00. The number of morpholine rings is 1. The summed E-state index contributed by atoms with van der Waals surface area (Å²) >= 11 is 0. The maximum absolute atomic E-state index is 5.91. The molecule has 1 unspecified atom stereocenters. The molecule has 2 aromatic rings. The first-order chi connectivity index (χ1) is 11.8. The highest BCUT2D eigenvalue weighted by molar-refractivity contribution is 5.80. The van der Waals surface area contributed by atoms with Crippen molar-refractivity contribution in [2.75, 3.05) is 32.8 Å². The van der Waals surface area contributed by atoms with Crippen molar-refractivity contribution >= 4 is 5.96 Å². The van der Waals surface area contributed by atoms with Crippen LogP contribution in [0.1, 0.15) is 24.4 Å². The molecule has 1 saturated heterocycles. The van der Waals surface area contributed by atoms with E-state index in [9.17, 15) is 0 Å². The van der Waals surface area contributed by atoms with E-state index >= 15 is 0 Å². The molecule has 130 valence electrons. The number of guanidine groups is 1. The zero-order valence-corrected chi connectivity index (χ0v) is 14.3. The maximum Gasteiger partial charge on any atom is 0.194 e. The molecule has 0 aromatic carbocycles. The number of hydrogen-bond donors (Lipinski definition) is 1. The molecule has 1 aliphatic rings. The van der Waals surface area contributed by atoms with Crippen LogP contribution >= 0.6 is 0 Å². The second-order valence-electron chi connectivity index (χ2n) is 5.82. The Morgan fingerprint density at radius 2 is 2.42 bits per heavy atom. The van der Waals surface area contributed by atoms with Gasteiger partial charge in [0.15, 0.2) is 5.96 Å². The average Bonchev–Trinajstić information content (AvgIpc) is 3.26. The van der Waals surface area contributed by atoms with E-state index in [0.717, 1.165) is 43.3 Å². The number of aliphatic imine (C=N–C) groups is 1. The van der Waals surface area contributed by atoms with Crippen LogP contribution in [-0.2, 0) is 18.2 Å². The molecule has 1 N–H and O–H groups in total. The van der Waals surface area contributed by atoms with Crippen molar-refractivity contribution in [3.05, 3.63) is 42.1 Å². The van der Waals surface area contributed by atoms with Crippen LogP contribution in [0.3, 0.4) is 0 Å². The topological polar surface area (TPSA) is 67.8 Å². The summed E-state index contributed by atoms with van der Waals surface area (Å²) in [6.45, 7) is 5.92. The molecule has 2 aromatic heterocycles. The average molecular weight is 331 g/mol. The van der Waals surface area contributed by atoms with Gasteiger partial charge in [0, 0.05) is 44.9 Å². The first kappa shape index (κ1) is 16.6. The van der Waals surface area contributed by atoms with Crippen molar-refractivity contribution in [3.8, 4) is 0 Å². The molecular weight excluding hydrogens is 306 g/mol. The highest BCUT2D eigenvalue weighted by Crippen LogP contribution is 2.21. The summed E-state index contributed by atoms with van der Waals surface area (Å²) in [4.78, 5) is 7.00. The summed E-state index contributed by atoms with van der Waals surface area (Å²) < 4.78 is 13.1. The molecule has 3 heterocycles. The van der Waals surface area contributed by atoms with Crippen LogP contribution in [0.25, 0.3) is 0 Å². The lowest BCUT2D eigenvalue weighted by Gasteiger charge is -2.34. The lowest BCUT2D eigenvalue weighted by atomic mass is 10.1. The number of rotatable bonds is 5. The van der Waals surface area contributed by atoms with Gasteiger partial charge in [0.05, 0.1) is 25.6 Å². The lowest BCUT2D eigenvalue weighted by Crippen LogP contribution is -2.48. The normalized spacial score (nSPS) is 18.8. The van der Waals surface area contributed by atoms with E-state index in [1.165, 1.54) is 0 Å². The second-order valence-corrected chi connectivity index (χ2v) is 5.82. The summed E-state index contributed by atoms with van der Waals surface area (Å²) in [7, 11) is 1.92. The van der Waals surface area contributed by atoms with E-state index in [0.29, 0.717) is 13.2 Å². The van der Waals surface area contributed by atoms with E-state index in [1.807, 2.05) is 31.6 Å². The van der Waals surface area contributed by atoms with E-state index in [-0.39, 0.29) is 6.10 Å². The van der Waals surface area contributed by atoms with E-state index in [4.69, 9.17) is 14.1 Å².